The molecule has 0 amide bonds. The fourth-order valence-electron chi connectivity index (χ4n) is 1.98. The number of para-hydroxylation sites is 1. The Morgan fingerprint density at radius 2 is 2.00 bits per heavy atom. The van der Waals surface area contributed by atoms with Crippen molar-refractivity contribution in [2.24, 2.45) is 5.73 Å². The molecule has 2 rings (SSSR count). The van der Waals surface area contributed by atoms with Crippen LogP contribution in [0, 0.1) is 0 Å². The van der Waals surface area contributed by atoms with Gasteiger partial charge in [0.05, 0.1) is 29.2 Å². The van der Waals surface area contributed by atoms with Gasteiger partial charge in [-0.05, 0) is 32.4 Å². The lowest BCUT2D eigenvalue weighted by atomic mass is 9.97. The van der Waals surface area contributed by atoms with Gasteiger partial charge in [0.2, 0.25) is 0 Å². The molecule has 0 aliphatic heterocycles. The van der Waals surface area contributed by atoms with Crippen molar-refractivity contribution in [1.29, 1.82) is 0 Å². The number of benzene rings is 1. The number of hydrogen-bond donors (Lipinski definition) is 1. The maximum absolute atomic E-state index is 6.26. The lowest BCUT2D eigenvalue weighted by Crippen LogP contribution is -2.29. The van der Waals surface area contributed by atoms with Crippen molar-refractivity contribution < 1.29 is 4.74 Å². The highest BCUT2D eigenvalue weighted by molar-refractivity contribution is 5.32. The fourth-order valence-corrected chi connectivity index (χ4v) is 1.98. The Bertz CT molecular complexity index is 521. The summed E-state index contributed by atoms with van der Waals surface area (Å²) in [7, 11) is 1.69. The number of aromatic nitrogens is 3. The molecule has 1 aromatic heterocycles. The minimum absolute atomic E-state index is 0.176. The molecule has 0 radical (unpaired) electrons. The van der Waals surface area contributed by atoms with Crippen molar-refractivity contribution in [3.63, 3.8) is 0 Å². The van der Waals surface area contributed by atoms with Gasteiger partial charge in [-0.15, -0.1) is 5.10 Å². The van der Waals surface area contributed by atoms with Crippen LogP contribution < -0.4 is 5.73 Å². The summed E-state index contributed by atoms with van der Waals surface area (Å²) in [5.41, 5.74) is 7.83. The molecule has 102 valence electrons. The molecule has 1 heterocycles. The summed E-state index contributed by atoms with van der Waals surface area (Å²) in [6.45, 7) is 4.03. The highest BCUT2D eigenvalue weighted by atomic mass is 16.5. The lowest BCUT2D eigenvalue weighted by molar-refractivity contribution is 0.00950. The molecule has 2 N–H and O–H groups in total. The van der Waals surface area contributed by atoms with Crippen molar-refractivity contribution in [3.05, 3.63) is 42.2 Å². The van der Waals surface area contributed by atoms with Gasteiger partial charge in [0.25, 0.3) is 0 Å². The van der Waals surface area contributed by atoms with E-state index in [2.05, 4.69) is 10.3 Å². The molecule has 0 saturated carbocycles. The number of hydrogen-bond acceptors (Lipinski definition) is 4. The lowest BCUT2D eigenvalue weighted by Gasteiger charge is -2.26. The number of nitrogens with two attached hydrogens (primary N) is 1. The molecular weight excluding hydrogens is 240 g/mol. The largest absolute Gasteiger partial charge is 0.379 e. The summed E-state index contributed by atoms with van der Waals surface area (Å²) in [4.78, 5) is 0. The molecule has 0 aliphatic rings. The molecule has 1 atom stereocenters. The minimum atomic E-state index is -0.273. The van der Waals surface area contributed by atoms with Crippen LogP contribution in [-0.4, -0.2) is 27.7 Å². The SMILES string of the molecule is COC(C)(C)CC(N)c1cnnn1-c1ccccc1. The summed E-state index contributed by atoms with van der Waals surface area (Å²) in [6, 6.07) is 9.68. The molecular formula is C14H20N4O. The molecule has 1 unspecified atom stereocenters. The van der Waals surface area contributed by atoms with E-state index < -0.39 is 0 Å². The summed E-state index contributed by atoms with van der Waals surface area (Å²) in [6.07, 6.45) is 2.41. The van der Waals surface area contributed by atoms with Gasteiger partial charge in [0.15, 0.2) is 0 Å². The zero-order valence-electron chi connectivity index (χ0n) is 11.6. The van der Waals surface area contributed by atoms with Crippen LogP contribution in [0.2, 0.25) is 0 Å². The van der Waals surface area contributed by atoms with E-state index in [-0.39, 0.29) is 11.6 Å². The summed E-state index contributed by atoms with van der Waals surface area (Å²) in [5.74, 6) is 0. The second-order valence-electron chi connectivity index (χ2n) is 5.18. The Balaban J connectivity index is 2.25. The van der Waals surface area contributed by atoms with Gasteiger partial charge in [-0.25, -0.2) is 4.68 Å². The van der Waals surface area contributed by atoms with Gasteiger partial charge >= 0.3 is 0 Å². The number of rotatable bonds is 5. The molecule has 0 bridgehead atoms. The standard InChI is InChI=1S/C14H20N4O/c1-14(2,19-3)9-12(15)13-10-16-17-18(13)11-7-5-4-6-8-11/h4-8,10,12H,9,15H2,1-3H3. The van der Waals surface area contributed by atoms with E-state index in [1.165, 1.54) is 0 Å². The van der Waals surface area contributed by atoms with E-state index in [9.17, 15) is 0 Å². The smallest absolute Gasteiger partial charge is 0.0814 e. The van der Waals surface area contributed by atoms with Crippen molar-refractivity contribution in [2.45, 2.75) is 31.9 Å². The monoisotopic (exact) mass is 260 g/mol. The molecule has 5 heteroatoms. The first kappa shape index (κ1) is 13.7. The van der Waals surface area contributed by atoms with Crippen molar-refractivity contribution in [3.8, 4) is 5.69 Å². The highest BCUT2D eigenvalue weighted by Crippen LogP contribution is 2.24. The normalized spacial score (nSPS) is 13.5. The summed E-state index contributed by atoms with van der Waals surface area (Å²) >= 11 is 0. The quantitative estimate of drug-likeness (QED) is 0.894. The predicted molar refractivity (Wildman–Crippen MR) is 74.0 cm³/mol. The average Bonchev–Trinajstić information content (AvgIpc) is 2.88. The third-order valence-electron chi connectivity index (χ3n) is 3.22. The number of methoxy groups -OCH3 is 1. The van der Waals surface area contributed by atoms with Crippen LogP contribution in [0.25, 0.3) is 5.69 Å². The Morgan fingerprint density at radius 3 is 2.63 bits per heavy atom. The summed E-state index contributed by atoms with van der Waals surface area (Å²) < 4.78 is 7.20. The van der Waals surface area contributed by atoms with E-state index in [1.54, 1.807) is 18.0 Å². The maximum Gasteiger partial charge on any atom is 0.0814 e. The van der Waals surface area contributed by atoms with Gasteiger partial charge in [-0.1, -0.05) is 23.4 Å². The molecule has 0 fully saturated rings. The van der Waals surface area contributed by atoms with Crippen LogP contribution in [0.4, 0.5) is 0 Å². The van der Waals surface area contributed by atoms with Crippen LogP contribution in [0.3, 0.4) is 0 Å². The molecule has 0 saturated heterocycles. The van der Waals surface area contributed by atoms with E-state index >= 15 is 0 Å². The zero-order chi connectivity index (χ0) is 13.9. The van der Waals surface area contributed by atoms with Crippen LogP contribution in [0.1, 0.15) is 32.0 Å². The van der Waals surface area contributed by atoms with E-state index in [4.69, 9.17) is 10.5 Å². The second-order valence-corrected chi connectivity index (χ2v) is 5.18. The van der Waals surface area contributed by atoms with Crippen molar-refractivity contribution in [1.82, 2.24) is 15.0 Å². The van der Waals surface area contributed by atoms with Crippen LogP contribution in [0.15, 0.2) is 36.5 Å². The van der Waals surface area contributed by atoms with Gasteiger partial charge in [0, 0.05) is 7.11 Å². The second kappa shape index (κ2) is 5.50. The molecule has 2 aromatic rings. The minimum Gasteiger partial charge on any atom is -0.379 e. The first-order chi connectivity index (χ1) is 9.03. The first-order valence-electron chi connectivity index (χ1n) is 6.30. The van der Waals surface area contributed by atoms with Gasteiger partial charge < -0.3 is 10.5 Å². The van der Waals surface area contributed by atoms with Gasteiger partial charge in [-0.2, -0.15) is 0 Å². The summed E-state index contributed by atoms with van der Waals surface area (Å²) in [5, 5.41) is 8.08. The number of nitrogens with zero attached hydrogens (tertiary/aromatic N) is 3. The molecule has 0 aliphatic carbocycles. The topological polar surface area (TPSA) is 66.0 Å². The van der Waals surface area contributed by atoms with Crippen molar-refractivity contribution in [2.75, 3.05) is 7.11 Å². The zero-order valence-corrected chi connectivity index (χ0v) is 11.6. The molecule has 0 spiro atoms. The molecule has 5 nitrogen and oxygen atoms in total. The number of ether oxygens (including phenoxy) is 1. The maximum atomic E-state index is 6.26. The van der Waals surface area contributed by atoms with E-state index in [0.717, 1.165) is 11.4 Å². The first-order valence-corrected chi connectivity index (χ1v) is 6.30. The third kappa shape index (κ3) is 3.19. The third-order valence-corrected chi connectivity index (χ3v) is 3.22. The van der Waals surface area contributed by atoms with Gasteiger partial charge in [-0.3, -0.25) is 0 Å². The Hall–Kier alpha value is -1.72. The van der Waals surface area contributed by atoms with Crippen LogP contribution >= 0.6 is 0 Å². The van der Waals surface area contributed by atoms with Gasteiger partial charge in [0.1, 0.15) is 0 Å². The Kier molecular flexibility index (Phi) is 3.97. The molecule has 19 heavy (non-hydrogen) atoms. The van der Waals surface area contributed by atoms with Crippen molar-refractivity contribution >= 4 is 0 Å². The molecule has 1 aromatic carbocycles. The predicted octanol–water partition coefficient (Wildman–Crippen LogP) is 2.08. The fraction of sp³-hybridized carbons (Fsp3) is 0.429. The van der Waals surface area contributed by atoms with Crippen LogP contribution in [-0.2, 0) is 4.74 Å². The average molecular weight is 260 g/mol. The van der Waals surface area contributed by atoms with Crippen LogP contribution in [0.5, 0.6) is 0 Å². The Labute approximate surface area is 113 Å². The highest BCUT2D eigenvalue weighted by Gasteiger charge is 2.24. The Morgan fingerprint density at radius 1 is 1.32 bits per heavy atom. The van der Waals surface area contributed by atoms with E-state index in [0.29, 0.717) is 6.42 Å². The van der Waals surface area contributed by atoms with E-state index in [1.807, 2.05) is 44.2 Å².